The number of nitrogens with one attached hydrogen (secondary N) is 3. The summed E-state index contributed by atoms with van der Waals surface area (Å²) in [4.78, 5) is 42.9. The molecular weight excluding hydrogens is 424 g/mol. The molecule has 162 valence electrons. The SMILES string of the molecule is CC(=O)NCCCc1ccc(-c2csc(NC(=O)c3cc4ccccc4c(=O)[nH]3)n2)cc1. The molecule has 32 heavy (non-hydrogen) atoms. The van der Waals surface area contributed by atoms with Crippen LogP contribution in [0.2, 0.25) is 0 Å². The highest BCUT2D eigenvalue weighted by Gasteiger charge is 2.12. The van der Waals surface area contributed by atoms with E-state index < -0.39 is 5.91 Å². The van der Waals surface area contributed by atoms with Crippen molar-refractivity contribution in [3.63, 3.8) is 0 Å². The lowest BCUT2D eigenvalue weighted by molar-refractivity contribution is -0.118. The topological polar surface area (TPSA) is 104 Å². The number of fused-ring (bicyclic) bond motifs is 1. The van der Waals surface area contributed by atoms with Gasteiger partial charge in [0.05, 0.1) is 5.69 Å². The van der Waals surface area contributed by atoms with Crippen molar-refractivity contribution in [2.45, 2.75) is 19.8 Å². The predicted molar refractivity (Wildman–Crippen MR) is 127 cm³/mol. The zero-order chi connectivity index (χ0) is 22.5. The summed E-state index contributed by atoms with van der Waals surface area (Å²) in [6.45, 7) is 2.18. The first-order chi connectivity index (χ1) is 15.5. The summed E-state index contributed by atoms with van der Waals surface area (Å²) in [7, 11) is 0. The lowest BCUT2D eigenvalue weighted by atomic mass is 10.1. The highest BCUT2D eigenvalue weighted by molar-refractivity contribution is 7.14. The first-order valence-corrected chi connectivity index (χ1v) is 11.1. The van der Waals surface area contributed by atoms with Crippen LogP contribution in [0.25, 0.3) is 22.0 Å². The fraction of sp³-hybridized carbons (Fsp3) is 0.167. The molecule has 0 saturated heterocycles. The van der Waals surface area contributed by atoms with Gasteiger partial charge in [-0.2, -0.15) is 0 Å². The van der Waals surface area contributed by atoms with Crippen molar-refractivity contribution in [2.75, 3.05) is 11.9 Å². The number of benzene rings is 2. The summed E-state index contributed by atoms with van der Waals surface area (Å²) >= 11 is 1.32. The number of carbonyl (C=O) groups is 2. The fourth-order valence-electron chi connectivity index (χ4n) is 3.36. The summed E-state index contributed by atoms with van der Waals surface area (Å²) in [5, 5.41) is 9.14. The number of aromatic nitrogens is 2. The zero-order valence-electron chi connectivity index (χ0n) is 17.5. The zero-order valence-corrected chi connectivity index (χ0v) is 18.3. The van der Waals surface area contributed by atoms with Crippen molar-refractivity contribution >= 4 is 39.1 Å². The van der Waals surface area contributed by atoms with Gasteiger partial charge in [0.1, 0.15) is 5.69 Å². The molecule has 0 atom stereocenters. The molecule has 4 rings (SSSR count). The molecule has 2 aromatic heterocycles. The second-order valence-electron chi connectivity index (χ2n) is 7.37. The van der Waals surface area contributed by atoms with Gasteiger partial charge in [0.2, 0.25) is 5.91 Å². The van der Waals surface area contributed by atoms with Crippen LogP contribution in [0.15, 0.2) is 64.8 Å². The third kappa shape index (κ3) is 5.09. The molecule has 0 spiro atoms. The molecule has 2 aromatic carbocycles. The van der Waals surface area contributed by atoms with Crippen LogP contribution in [0, 0.1) is 0 Å². The Morgan fingerprint density at radius 1 is 1.09 bits per heavy atom. The Morgan fingerprint density at radius 3 is 2.66 bits per heavy atom. The van der Waals surface area contributed by atoms with Gasteiger partial charge in [0, 0.05) is 29.8 Å². The minimum absolute atomic E-state index is 0.0150. The van der Waals surface area contributed by atoms with Gasteiger partial charge < -0.3 is 10.3 Å². The quantitative estimate of drug-likeness (QED) is 0.374. The smallest absolute Gasteiger partial charge is 0.273 e. The molecule has 0 bridgehead atoms. The van der Waals surface area contributed by atoms with Crippen LogP contribution >= 0.6 is 11.3 Å². The first-order valence-electron chi connectivity index (χ1n) is 10.2. The largest absolute Gasteiger partial charge is 0.356 e. The molecule has 0 fully saturated rings. The molecule has 0 aliphatic rings. The minimum Gasteiger partial charge on any atom is -0.356 e. The van der Waals surface area contributed by atoms with Gasteiger partial charge in [-0.15, -0.1) is 11.3 Å². The molecule has 0 saturated carbocycles. The van der Waals surface area contributed by atoms with Crippen LogP contribution in [0.5, 0.6) is 0 Å². The number of hydrogen-bond donors (Lipinski definition) is 3. The second kappa shape index (κ2) is 9.57. The number of anilines is 1. The highest BCUT2D eigenvalue weighted by atomic mass is 32.1. The summed E-state index contributed by atoms with van der Waals surface area (Å²) < 4.78 is 0. The van der Waals surface area contributed by atoms with E-state index in [9.17, 15) is 14.4 Å². The molecule has 8 heteroatoms. The van der Waals surface area contributed by atoms with Crippen molar-refractivity contribution in [1.29, 1.82) is 0 Å². The average molecular weight is 447 g/mol. The standard InChI is InChI=1S/C24H22N4O3S/c1-15(29)25-12-4-5-16-8-10-17(11-9-16)21-14-32-24(27-21)28-23(31)20-13-18-6-2-3-7-19(18)22(30)26-20/h2-3,6-11,13-14H,4-5,12H2,1H3,(H,25,29)(H,26,30)(H,27,28,31). The van der Waals surface area contributed by atoms with Crippen LogP contribution in [0.1, 0.15) is 29.4 Å². The maximum atomic E-state index is 12.6. The van der Waals surface area contributed by atoms with E-state index in [0.29, 0.717) is 22.4 Å². The summed E-state index contributed by atoms with van der Waals surface area (Å²) in [6, 6.07) is 16.9. The monoisotopic (exact) mass is 446 g/mol. The van der Waals surface area contributed by atoms with Crippen LogP contribution in [0.3, 0.4) is 0 Å². The molecule has 0 aliphatic carbocycles. The number of carbonyl (C=O) groups excluding carboxylic acids is 2. The Balaban J connectivity index is 1.41. The average Bonchev–Trinajstić information content (AvgIpc) is 3.25. The van der Waals surface area contributed by atoms with E-state index in [2.05, 4.69) is 20.6 Å². The molecule has 0 unspecified atom stereocenters. The fourth-order valence-corrected chi connectivity index (χ4v) is 4.08. The number of hydrogen-bond acceptors (Lipinski definition) is 5. The van der Waals surface area contributed by atoms with Gasteiger partial charge in [0.15, 0.2) is 5.13 Å². The van der Waals surface area contributed by atoms with E-state index in [0.717, 1.165) is 24.1 Å². The normalized spacial score (nSPS) is 10.8. The van der Waals surface area contributed by atoms with Crippen LogP contribution in [0.4, 0.5) is 5.13 Å². The lowest BCUT2D eigenvalue weighted by Gasteiger charge is -2.04. The molecule has 0 aliphatic heterocycles. The van der Waals surface area contributed by atoms with E-state index in [-0.39, 0.29) is 17.2 Å². The van der Waals surface area contributed by atoms with Crippen molar-refractivity contribution < 1.29 is 9.59 Å². The third-order valence-corrected chi connectivity index (χ3v) is 5.75. The van der Waals surface area contributed by atoms with Gasteiger partial charge in [-0.05, 0) is 35.9 Å². The molecule has 4 aromatic rings. The van der Waals surface area contributed by atoms with Gasteiger partial charge in [-0.25, -0.2) is 4.98 Å². The Labute approximate surface area is 188 Å². The lowest BCUT2D eigenvalue weighted by Crippen LogP contribution is -2.21. The number of pyridine rings is 1. The van der Waals surface area contributed by atoms with Crippen molar-refractivity contribution in [1.82, 2.24) is 15.3 Å². The van der Waals surface area contributed by atoms with E-state index in [4.69, 9.17) is 0 Å². The number of rotatable bonds is 7. The van der Waals surface area contributed by atoms with Crippen LogP contribution in [-0.2, 0) is 11.2 Å². The first kappa shape index (κ1) is 21.5. The Morgan fingerprint density at radius 2 is 1.88 bits per heavy atom. The molecular formula is C24H22N4O3S. The Hall–Kier alpha value is -3.78. The van der Waals surface area contributed by atoms with Gasteiger partial charge in [-0.3, -0.25) is 19.7 Å². The van der Waals surface area contributed by atoms with Crippen molar-refractivity contribution in [3.05, 3.63) is 81.6 Å². The van der Waals surface area contributed by atoms with E-state index in [1.165, 1.54) is 23.8 Å². The molecule has 0 radical (unpaired) electrons. The van der Waals surface area contributed by atoms with Crippen molar-refractivity contribution in [3.8, 4) is 11.3 Å². The third-order valence-electron chi connectivity index (χ3n) is 4.99. The number of aryl methyl sites for hydroxylation is 1. The Kier molecular flexibility index (Phi) is 6.42. The molecule has 2 heterocycles. The van der Waals surface area contributed by atoms with Gasteiger partial charge in [-0.1, -0.05) is 42.5 Å². The second-order valence-corrected chi connectivity index (χ2v) is 8.23. The number of nitrogens with zero attached hydrogens (tertiary/aromatic N) is 1. The summed E-state index contributed by atoms with van der Waals surface area (Å²) in [5.41, 5.74) is 2.79. The minimum atomic E-state index is -0.414. The van der Waals surface area contributed by atoms with Crippen LogP contribution < -0.4 is 16.2 Å². The predicted octanol–water partition coefficient (Wildman–Crippen LogP) is 3.97. The molecule has 3 N–H and O–H groups in total. The van der Waals surface area contributed by atoms with Crippen LogP contribution in [-0.4, -0.2) is 28.3 Å². The number of amides is 2. The van der Waals surface area contributed by atoms with Gasteiger partial charge in [0.25, 0.3) is 11.5 Å². The maximum absolute atomic E-state index is 12.6. The van der Waals surface area contributed by atoms with E-state index >= 15 is 0 Å². The Bertz CT molecular complexity index is 1330. The molecule has 7 nitrogen and oxygen atoms in total. The van der Waals surface area contributed by atoms with E-state index in [1.54, 1.807) is 24.3 Å². The molecule has 2 amide bonds. The summed E-state index contributed by atoms with van der Waals surface area (Å²) in [6.07, 6.45) is 1.76. The van der Waals surface area contributed by atoms with Gasteiger partial charge >= 0.3 is 0 Å². The number of aromatic amines is 1. The highest BCUT2D eigenvalue weighted by Crippen LogP contribution is 2.25. The summed E-state index contributed by atoms with van der Waals surface area (Å²) in [5.74, 6) is -0.429. The number of thiazole rings is 1. The van der Waals surface area contributed by atoms with E-state index in [1.807, 2.05) is 35.7 Å². The van der Waals surface area contributed by atoms with Crippen molar-refractivity contribution in [2.24, 2.45) is 0 Å². The maximum Gasteiger partial charge on any atom is 0.273 e. The number of H-pyrrole nitrogens is 1.